The molecule has 0 fully saturated rings. The third-order valence-corrected chi connectivity index (χ3v) is 9.64. The van der Waals surface area contributed by atoms with Crippen LogP contribution in [0.25, 0.3) is 87.8 Å². The van der Waals surface area contributed by atoms with Crippen LogP contribution < -0.4 is 0 Å². The first-order valence-corrected chi connectivity index (χ1v) is 15.9. The van der Waals surface area contributed by atoms with Crippen molar-refractivity contribution in [1.82, 2.24) is 8.97 Å². The van der Waals surface area contributed by atoms with Crippen LogP contribution in [0, 0.1) is 0 Å². The lowest BCUT2D eigenvalue weighted by molar-refractivity contribution is 1.19. The maximum Gasteiger partial charge on any atom is 0.0635 e. The number of benzene rings is 7. The molecule has 2 heteroatoms. The Bertz CT molecular complexity index is 2730. The summed E-state index contributed by atoms with van der Waals surface area (Å²) in [6, 6.07) is 62.0. The fraction of sp³-hybridized carbons (Fsp3) is 0. The Hall–Kier alpha value is -6.12. The molecule has 0 atom stereocenters. The van der Waals surface area contributed by atoms with Crippen molar-refractivity contribution in [3.63, 3.8) is 0 Å². The second-order valence-corrected chi connectivity index (χ2v) is 12.2. The average Bonchev–Trinajstić information content (AvgIpc) is 3.69. The van der Waals surface area contributed by atoms with Gasteiger partial charge in [0.05, 0.1) is 27.6 Å². The van der Waals surface area contributed by atoms with Crippen molar-refractivity contribution < 1.29 is 0 Å². The smallest absolute Gasteiger partial charge is 0.0635 e. The summed E-state index contributed by atoms with van der Waals surface area (Å²) in [7, 11) is 0. The average molecular weight is 585 g/mol. The SMILES string of the molecule is c1ccc(-c2cc(-c3ccccc3)cc(-n3c4ccccc4c4ccc5c(cc6c7ccccc7c7ccccc7n65)c43)c2)cc1. The van der Waals surface area contributed by atoms with E-state index in [1.54, 1.807) is 0 Å². The highest BCUT2D eigenvalue weighted by atomic mass is 15.0. The molecule has 0 radical (unpaired) electrons. The molecule has 3 heterocycles. The molecule has 46 heavy (non-hydrogen) atoms. The third kappa shape index (κ3) is 3.59. The number of rotatable bonds is 3. The van der Waals surface area contributed by atoms with Gasteiger partial charge in [0.2, 0.25) is 0 Å². The van der Waals surface area contributed by atoms with E-state index in [0.29, 0.717) is 0 Å². The van der Waals surface area contributed by atoms with Crippen LogP contribution in [0.5, 0.6) is 0 Å². The van der Waals surface area contributed by atoms with Gasteiger partial charge in [-0.25, -0.2) is 0 Å². The molecule has 0 bridgehead atoms. The lowest BCUT2D eigenvalue weighted by atomic mass is 9.98. The van der Waals surface area contributed by atoms with Crippen molar-refractivity contribution >= 4 is 59.9 Å². The predicted octanol–water partition coefficient (Wildman–Crippen LogP) is 11.8. The van der Waals surface area contributed by atoms with Crippen LogP contribution in [0.1, 0.15) is 0 Å². The highest BCUT2D eigenvalue weighted by Crippen LogP contribution is 2.42. The summed E-state index contributed by atoms with van der Waals surface area (Å²) in [6.07, 6.45) is 0. The van der Waals surface area contributed by atoms with Crippen LogP contribution in [-0.2, 0) is 0 Å². The molecule has 0 aliphatic heterocycles. The summed E-state index contributed by atoms with van der Waals surface area (Å²) >= 11 is 0. The molecule has 10 rings (SSSR count). The van der Waals surface area contributed by atoms with E-state index in [1.165, 1.54) is 82.2 Å². The summed E-state index contributed by atoms with van der Waals surface area (Å²) < 4.78 is 4.96. The molecule has 0 saturated heterocycles. The molecule has 2 nitrogen and oxygen atoms in total. The first kappa shape index (κ1) is 25.2. The second-order valence-electron chi connectivity index (χ2n) is 12.2. The van der Waals surface area contributed by atoms with Crippen LogP contribution in [0.2, 0.25) is 0 Å². The lowest BCUT2D eigenvalue weighted by Crippen LogP contribution is -1.96. The van der Waals surface area contributed by atoms with Crippen molar-refractivity contribution in [3.05, 3.63) is 170 Å². The molecular formula is C44H28N2. The third-order valence-electron chi connectivity index (χ3n) is 9.64. The molecule has 0 aliphatic carbocycles. The van der Waals surface area contributed by atoms with Crippen LogP contribution in [0.4, 0.5) is 0 Å². The quantitative estimate of drug-likeness (QED) is 0.183. The maximum absolute atomic E-state index is 2.50. The molecular weight excluding hydrogens is 556 g/mol. The minimum atomic E-state index is 1.16. The van der Waals surface area contributed by atoms with Gasteiger partial charge >= 0.3 is 0 Å². The number of aromatic nitrogens is 2. The van der Waals surface area contributed by atoms with Gasteiger partial charge in [-0.05, 0) is 70.1 Å². The zero-order valence-corrected chi connectivity index (χ0v) is 25.1. The van der Waals surface area contributed by atoms with Gasteiger partial charge < -0.3 is 8.97 Å². The summed E-state index contributed by atoms with van der Waals surface area (Å²) in [6.45, 7) is 0. The number of pyridine rings is 1. The molecule has 0 aliphatic rings. The van der Waals surface area contributed by atoms with E-state index in [4.69, 9.17) is 0 Å². The highest BCUT2D eigenvalue weighted by molar-refractivity contribution is 6.22. The Balaban J connectivity index is 1.39. The van der Waals surface area contributed by atoms with Crippen molar-refractivity contribution in [2.24, 2.45) is 0 Å². The van der Waals surface area contributed by atoms with Gasteiger partial charge in [0.15, 0.2) is 0 Å². The van der Waals surface area contributed by atoms with Crippen LogP contribution >= 0.6 is 0 Å². The Morgan fingerprint density at radius 3 is 1.43 bits per heavy atom. The van der Waals surface area contributed by atoms with Crippen molar-refractivity contribution in [2.75, 3.05) is 0 Å². The van der Waals surface area contributed by atoms with Gasteiger partial charge in [0.1, 0.15) is 0 Å². The zero-order chi connectivity index (χ0) is 30.2. The van der Waals surface area contributed by atoms with E-state index in [9.17, 15) is 0 Å². The highest BCUT2D eigenvalue weighted by Gasteiger charge is 2.20. The minimum Gasteiger partial charge on any atom is -0.309 e. The maximum atomic E-state index is 2.50. The van der Waals surface area contributed by atoms with E-state index in [0.717, 1.165) is 5.69 Å². The standard InChI is InChI=1S/C44H28N2/c1-3-13-29(14-4-1)31-25-32(30-15-5-2-6-16-30)27-33(26-31)45-40-21-11-10-20-37(40)38-23-24-42-39(44(38)45)28-43-36-19-8-7-17-34(36)35-18-9-12-22-41(35)46(42)43/h1-28H. The molecule has 7 aromatic carbocycles. The van der Waals surface area contributed by atoms with Gasteiger partial charge in [-0.15, -0.1) is 0 Å². The lowest BCUT2D eigenvalue weighted by Gasteiger charge is -2.14. The monoisotopic (exact) mass is 584 g/mol. The van der Waals surface area contributed by atoms with Gasteiger partial charge in [-0.2, -0.15) is 0 Å². The van der Waals surface area contributed by atoms with Crippen molar-refractivity contribution in [2.45, 2.75) is 0 Å². The molecule has 0 unspecified atom stereocenters. The minimum absolute atomic E-state index is 1.16. The fourth-order valence-electron chi connectivity index (χ4n) is 7.64. The molecule has 0 saturated carbocycles. The number of hydrogen-bond acceptors (Lipinski definition) is 0. The Kier molecular flexibility index (Phi) is 5.31. The molecule has 3 aromatic heterocycles. The van der Waals surface area contributed by atoms with E-state index in [-0.39, 0.29) is 0 Å². The number of fused-ring (bicyclic) bond motifs is 12. The molecule has 0 N–H and O–H groups in total. The first-order valence-electron chi connectivity index (χ1n) is 15.9. The molecule has 0 spiro atoms. The van der Waals surface area contributed by atoms with E-state index in [2.05, 4.69) is 179 Å². The van der Waals surface area contributed by atoms with Gasteiger partial charge in [0, 0.05) is 32.6 Å². The second kappa shape index (κ2) is 9.69. The van der Waals surface area contributed by atoms with E-state index in [1.807, 2.05) is 0 Å². The summed E-state index contributed by atoms with van der Waals surface area (Å²) in [4.78, 5) is 0. The largest absolute Gasteiger partial charge is 0.309 e. The normalized spacial score (nSPS) is 11.9. The number of hydrogen-bond donors (Lipinski definition) is 0. The van der Waals surface area contributed by atoms with Gasteiger partial charge in [0.25, 0.3) is 0 Å². The van der Waals surface area contributed by atoms with Crippen LogP contribution in [0.3, 0.4) is 0 Å². The summed E-state index contributed by atoms with van der Waals surface area (Å²) in [5.41, 5.74) is 12.1. The zero-order valence-electron chi connectivity index (χ0n) is 25.1. The molecule has 214 valence electrons. The van der Waals surface area contributed by atoms with Crippen LogP contribution in [-0.4, -0.2) is 8.97 Å². The summed E-state index contributed by atoms with van der Waals surface area (Å²) in [5, 5.41) is 7.60. The Morgan fingerprint density at radius 2 is 0.783 bits per heavy atom. The first-order chi connectivity index (χ1) is 22.8. The van der Waals surface area contributed by atoms with Crippen molar-refractivity contribution in [3.8, 4) is 27.9 Å². The summed E-state index contributed by atoms with van der Waals surface area (Å²) in [5.74, 6) is 0. The van der Waals surface area contributed by atoms with Gasteiger partial charge in [-0.3, -0.25) is 0 Å². The number of para-hydroxylation sites is 2. The Morgan fingerprint density at radius 1 is 0.283 bits per heavy atom. The molecule has 10 aromatic rings. The van der Waals surface area contributed by atoms with E-state index < -0.39 is 0 Å². The van der Waals surface area contributed by atoms with Crippen molar-refractivity contribution in [1.29, 1.82) is 0 Å². The predicted molar refractivity (Wildman–Crippen MR) is 195 cm³/mol. The van der Waals surface area contributed by atoms with Crippen LogP contribution in [0.15, 0.2) is 170 Å². The topological polar surface area (TPSA) is 9.34 Å². The Labute approximate surface area is 266 Å². The van der Waals surface area contributed by atoms with E-state index >= 15 is 0 Å². The fourth-order valence-corrected chi connectivity index (χ4v) is 7.64. The number of nitrogens with zero attached hydrogens (tertiary/aromatic N) is 2. The van der Waals surface area contributed by atoms with Gasteiger partial charge in [-0.1, -0.05) is 127 Å². The molecule has 0 amide bonds.